The number of ether oxygens (including phenoxy) is 1. The number of fused-ring (bicyclic) bond motifs is 1. The van der Waals surface area contributed by atoms with Crippen LogP contribution >= 0.6 is 0 Å². The van der Waals surface area contributed by atoms with Gasteiger partial charge in [-0.25, -0.2) is 0 Å². The zero-order valence-corrected chi connectivity index (χ0v) is 7.68. The lowest BCUT2D eigenvalue weighted by atomic mass is 9.56. The highest BCUT2D eigenvalue weighted by molar-refractivity contribution is 5.14. The van der Waals surface area contributed by atoms with Crippen molar-refractivity contribution in [2.45, 2.75) is 37.3 Å². The Morgan fingerprint density at radius 3 is 3.17 bits per heavy atom. The van der Waals surface area contributed by atoms with E-state index in [-0.39, 0.29) is 0 Å². The molecule has 4 aliphatic rings. The van der Waals surface area contributed by atoms with E-state index in [0.717, 1.165) is 24.5 Å². The van der Waals surface area contributed by atoms with Gasteiger partial charge in [0.05, 0.1) is 12.2 Å². The Balaban J connectivity index is 1.86. The molecule has 0 aromatic carbocycles. The van der Waals surface area contributed by atoms with E-state index in [1.807, 2.05) is 0 Å². The maximum absolute atomic E-state index is 5.91. The zero-order valence-electron chi connectivity index (χ0n) is 7.68. The van der Waals surface area contributed by atoms with Gasteiger partial charge in [-0.05, 0) is 38.6 Å². The first kappa shape index (κ1) is 7.34. The first-order valence-corrected chi connectivity index (χ1v) is 5.17. The molecular weight excluding hydrogens is 150 g/mol. The number of nitrogens with one attached hydrogen (secondary N) is 1. The predicted molar refractivity (Wildman–Crippen MR) is 47.0 cm³/mol. The lowest BCUT2D eigenvalue weighted by Gasteiger charge is -2.52. The molecule has 2 bridgehead atoms. The smallest absolute Gasteiger partial charge is 0.0732 e. The van der Waals surface area contributed by atoms with Gasteiger partial charge in [0, 0.05) is 12.0 Å². The van der Waals surface area contributed by atoms with Crippen LogP contribution in [0, 0.1) is 11.8 Å². The van der Waals surface area contributed by atoms with E-state index in [4.69, 9.17) is 4.74 Å². The van der Waals surface area contributed by atoms with E-state index < -0.39 is 0 Å². The van der Waals surface area contributed by atoms with Crippen LogP contribution in [-0.2, 0) is 4.74 Å². The largest absolute Gasteiger partial charge is 0.374 e. The molecular formula is C10H17NO. The number of rotatable bonds is 1. The summed E-state index contributed by atoms with van der Waals surface area (Å²) in [5, 5.41) is 3.45. The van der Waals surface area contributed by atoms with Crippen LogP contribution in [0.2, 0.25) is 0 Å². The van der Waals surface area contributed by atoms with Gasteiger partial charge in [-0.2, -0.15) is 0 Å². The number of hydrogen-bond acceptors (Lipinski definition) is 2. The fraction of sp³-hybridized carbons (Fsp3) is 1.00. The fourth-order valence-electron chi connectivity index (χ4n) is 3.73. The Bertz CT molecular complexity index is 202. The molecule has 2 nitrogen and oxygen atoms in total. The average Bonchev–Trinajstić information content (AvgIpc) is 2.60. The molecule has 2 aliphatic heterocycles. The van der Waals surface area contributed by atoms with E-state index in [1.165, 1.54) is 25.7 Å². The quantitative estimate of drug-likeness (QED) is 0.633. The van der Waals surface area contributed by atoms with Crippen LogP contribution in [0.1, 0.15) is 25.7 Å². The van der Waals surface area contributed by atoms with Gasteiger partial charge in [-0.1, -0.05) is 0 Å². The summed E-state index contributed by atoms with van der Waals surface area (Å²) < 4.78 is 5.91. The summed E-state index contributed by atoms with van der Waals surface area (Å²) in [6.45, 7) is 1.04. The second-order valence-corrected chi connectivity index (χ2v) is 4.65. The summed E-state index contributed by atoms with van der Waals surface area (Å²) in [6.07, 6.45) is 5.40. The lowest BCUT2D eigenvalue weighted by molar-refractivity contribution is -0.0917. The molecule has 4 rings (SSSR count). The van der Waals surface area contributed by atoms with Crippen molar-refractivity contribution in [2.24, 2.45) is 11.8 Å². The normalized spacial score (nSPS) is 56.2. The van der Waals surface area contributed by atoms with Crippen molar-refractivity contribution in [3.63, 3.8) is 0 Å². The first-order chi connectivity index (χ1) is 5.86. The SMILES string of the molecule is CNC1CCCC23CC(CO2)C13. The van der Waals surface area contributed by atoms with Crippen molar-refractivity contribution in [2.75, 3.05) is 13.7 Å². The van der Waals surface area contributed by atoms with Crippen LogP contribution in [0.15, 0.2) is 0 Å². The Morgan fingerprint density at radius 2 is 2.42 bits per heavy atom. The summed E-state index contributed by atoms with van der Waals surface area (Å²) in [4.78, 5) is 0. The maximum Gasteiger partial charge on any atom is 0.0732 e. The highest BCUT2D eigenvalue weighted by atomic mass is 16.5. The third-order valence-corrected chi connectivity index (χ3v) is 4.23. The topological polar surface area (TPSA) is 21.3 Å². The predicted octanol–water partition coefficient (Wildman–Crippen LogP) is 1.16. The second kappa shape index (κ2) is 2.24. The van der Waals surface area contributed by atoms with E-state index in [9.17, 15) is 0 Å². The minimum absolute atomic E-state index is 0.344. The highest BCUT2D eigenvalue weighted by Crippen LogP contribution is 2.59. The van der Waals surface area contributed by atoms with Crippen LogP contribution in [0.4, 0.5) is 0 Å². The zero-order chi connectivity index (χ0) is 8.18. The van der Waals surface area contributed by atoms with Crippen molar-refractivity contribution < 1.29 is 4.74 Å². The Morgan fingerprint density at radius 1 is 1.50 bits per heavy atom. The standard InChI is InChI=1S/C10H17NO/c1-11-8-3-2-4-10-5-7(6-12-10)9(8)10/h7-9,11H,2-6H2,1H3. The molecule has 4 atom stereocenters. The van der Waals surface area contributed by atoms with E-state index in [1.54, 1.807) is 0 Å². The summed E-state index contributed by atoms with van der Waals surface area (Å²) in [6, 6.07) is 0.750. The summed E-state index contributed by atoms with van der Waals surface area (Å²) in [5.41, 5.74) is 0.344. The Hall–Kier alpha value is -0.0800. The van der Waals surface area contributed by atoms with E-state index in [2.05, 4.69) is 12.4 Å². The van der Waals surface area contributed by atoms with Crippen LogP contribution in [0.25, 0.3) is 0 Å². The summed E-state index contributed by atoms with van der Waals surface area (Å²) >= 11 is 0. The fourth-order valence-corrected chi connectivity index (χ4v) is 3.73. The Kier molecular flexibility index (Phi) is 1.37. The third-order valence-electron chi connectivity index (χ3n) is 4.23. The number of hydrogen-bond donors (Lipinski definition) is 1. The van der Waals surface area contributed by atoms with Crippen LogP contribution < -0.4 is 5.32 Å². The van der Waals surface area contributed by atoms with Crippen LogP contribution in [-0.4, -0.2) is 25.3 Å². The van der Waals surface area contributed by atoms with Crippen molar-refractivity contribution in [1.82, 2.24) is 5.32 Å². The van der Waals surface area contributed by atoms with Gasteiger partial charge in [0.2, 0.25) is 0 Å². The van der Waals surface area contributed by atoms with Gasteiger partial charge in [-0.3, -0.25) is 0 Å². The average molecular weight is 167 g/mol. The molecule has 0 amide bonds. The molecule has 2 heteroatoms. The summed E-state index contributed by atoms with van der Waals surface area (Å²) in [5.74, 6) is 1.75. The van der Waals surface area contributed by atoms with Gasteiger partial charge >= 0.3 is 0 Å². The van der Waals surface area contributed by atoms with E-state index >= 15 is 0 Å². The monoisotopic (exact) mass is 167 g/mol. The van der Waals surface area contributed by atoms with Gasteiger partial charge in [0.25, 0.3) is 0 Å². The lowest BCUT2D eigenvalue weighted by Crippen LogP contribution is -2.59. The molecule has 1 N–H and O–H groups in total. The minimum Gasteiger partial charge on any atom is -0.374 e. The molecule has 0 aromatic rings. The molecule has 68 valence electrons. The van der Waals surface area contributed by atoms with Gasteiger partial charge in [-0.15, -0.1) is 0 Å². The Labute approximate surface area is 73.7 Å². The van der Waals surface area contributed by atoms with Gasteiger partial charge < -0.3 is 10.1 Å². The molecule has 0 aromatic heterocycles. The molecule has 2 heterocycles. The van der Waals surface area contributed by atoms with Gasteiger partial charge in [0.15, 0.2) is 0 Å². The van der Waals surface area contributed by atoms with Crippen molar-refractivity contribution in [1.29, 1.82) is 0 Å². The first-order valence-electron chi connectivity index (χ1n) is 5.17. The summed E-state index contributed by atoms with van der Waals surface area (Å²) in [7, 11) is 2.10. The molecule has 12 heavy (non-hydrogen) atoms. The third kappa shape index (κ3) is 0.686. The van der Waals surface area contributed by atoms with Crippen LogP contribution in [0.5, 0.6) is 0 Å². The molecule has 2 saturated heterocycles. The van der Waals surface area contributed by atoms with Crippen molar-refractivity contribution in [3.8, 4) is 0 Å². The minimum atomic E-state index is 0.344. The molecule has 0 radical (unpaired) electrons. The van der Waals surface area contributed by atoms with Crippen LogP contribution in [0.3, 0.4) is 0 Å². The van der Waals surface area contributed by atoms with Crippen molar-refractivity contribution >= 4 is 0 Å². The second-order valence-electron chi connectivity index (χ2n) is 4.65. The van der Waals surface area contributed by atoms with Crippen molar-refractivity contribution in [3.05, 3.63) is 0 Å². The highest BCUT2D eigenvalue weighted by Gasteiger charge is 2.63. The van der Waals surface area contributed by atoms with E-state index in [0.29, 0.717) is 5.60 Å². The molecule has 4 fully saturated rings. The molecule has 4 unspecified atom stereocenters. The maximum atomic E-state index is 5.91. The molecule has 2 saturated carbocycles. The van der Waals surface area contributed by atoms with Gasteiger partial charge in [0.1, 0.15) is 0 Å². The molecule has 2 aliphatic carbocycles. The molecule has 1 spiro atoms.